The molecule has 1 aromatic carbocycles. The number of piperidine rings is 1. The van der Waals surface area contributed by atoms with Crippen molar-refractivity contribution in [1.29, 1.82) is 0 Å². The molecule has 0 radical (unpaired) electrons. The summed E-state index contributed by atoms with van der Waals surface area (Å²) in [6, 6.07) is 9.05. The molecular weight excluding hydrogens is 274 g/mol. The van der Waals surface area contributed by atoms with Crippen LogP contribution in [0.4, 0.5) is 0 Å². The van der Waals surface area contributed by atoms with Gasteiger partial charge in [0.2, 0.25) is 0 Å². The van der Waals surface area contributed by atoms with Crippen molar-refractivity contribution in [3.63, 3.8) is 0 Å². The van der Waals surface area contributed by atoms with Crippen molar-refractivity contribution in [3.05, 3.63) is 29.8 Å². The van der Waals surface area contributed by atoms with E-state index in [9.17, 15) is 0 Å². The molecule has 0 unspecified atom stereocenters. The van der Waals surface area contributed by atoms with E-state index in [4.69, 9.17) is 0 Å². The summed E-state index contributed by atoms with van der Waals surface area (Å²) in [6.45, 7) is 12.4. The molecule has 0 amide bonds. The summed E-state index contributed by atoms with van der Waals surface area (Å²) in [4.78, 5) is 3.98. The number of hydrogen-bond acceptors (Lipinski definition) is 2. The summed E-state index contributed by atoms with van der Waals surface area (Å²) in [5.74, 6) is 1.82. The Kier molecular flexibility index (Phi) is 9.10. The maximum atomic E-state index is 2.62. The summed E-state index contributed by atoms with van der Waals surface area (Å²) in [5.41, 5.74) is 1.46. The molecule has 1 nitrogen and oxygen atoms in total. The Hall–Kier alpha value is -0.470. The monoisotopic (exact) mass is 307 g/mol. The van der Waals surface area contributed by atoms with Gasteiger partial charge in [-0.2, -0.15) is 0 Å². The number of nitrogens with zero attached hydrogens (tertiary/aromatic N) is 1. The summed E-state index contributed by atoms with van der Waals surface area (Å²) < 4.78 is 0. The van der Waals surface area contributed by atoms with Crippen LogP contribution in [0.1, 0.15) is 52.5 Å². The fourth-order valence-electron chi connectivity index (χ4n) is 3.04. The van der Waals surface area contributed by atoms with Gasteiger partial charge in [-0.3, -0.25) is 4.90 Å². The highest BCUT2D eigenvalue weighted by atomic mass is 32.2. The van der Waals surface area contributed by atoms with E-state index in [1.807, 2.05) is 25.6 Å². The first-order valence-corrected chi connectivity index (χ1v) is 9.75. The van der Waals surface area contributed by atoms with E-state index < -0.39 is 0 Å². The molecule has 0 aromatic heterocycles. The molecule has 120 valence electrons. The first-order valence-electron chi connectivity index (χ1n) is 8.52. The van der Waals surface area contributed by atoms with Crippen molar-refractivity contribution in [2.75, 3.05) is 19.3 Å². The van der Waals surface area contributed by atoms with Crippen molar-refractivity contribution in [3.8, 4) is 0 Å². The molecule has 0 bridgehead atoms. The second kappa shape index (κ2) is 10.3. The predicted molar refractivity (Wildman–Crippen MR) is 97.0 cm³/mol. The van der Waals surface area contributed by atoms with Crippen molar-refractivity contribution in [2.24, 2.45) is 11.8 Å². The Morgan fingerprint density at radius 1 is 1.10 bits per heavy atom. The lowest BCUT2D eigenvalue weighted by atomic mass is 9.88. The molecule has 1 fully saturated rings. The number of benzene rings is 1. The first kappa shape index (κ1) is 18.6. The molecule has 1 aliphatic heterocycles. The topological polar surface area (TPSA) is 3.24 Å². The van der Waals surface area contributed by atoms with E-state index in [0.29, 0.717) is 0 Å². The predicted octanol–water partition coefficient (Wildman–Crippen LogP) is 5.69. The van der Waals surface area contributed by atoms with Gasteiger partial charge < -0.3 is 0 Å². The van der Waals surface area contributed by atoms with Gasteiger partial charge in [-0.1, -0.05) is 39.8 Å². The molecule has 1 aromatic rings. The zero-order valence-corrected chi connectivity index (χ0v) is 15.4. The van der Waals surface area contributed by atoms with Crippen LogP contribution in [0.3, 0.4) is 0 Å². The molecule has 1 saturated heterocycles. The van der Waals surface area contributed by atoms with Gasteiger partial charge in [0.25, 0.3) is 0 Å². The molecule has 0 spiro atoms. The van der Waals surface area contributed by atoms with Crippen LogP contribution in [0.15, 0.2) is 29.2 Å². The summed E-state index contributed by atoms with van der Waals surface area (Å²) >= 11 is 1.82. The van der Waals surface area contributed by atoms with Crippen LogP contribution in [0.5, 0.6) is 0 Å². The highest BCUT2D eigenvalue weighted by molar-refractivity contribution is 7.98. The molecule has 0 saturated carbocycles. The van der Waals surface area contributed by atoms with E-state index >= 15 is 0 Å². The Balaban J connectivity index is 0.00000106. The molecule has 0 atom stereocenters. The Morgan fingerprint density at radius 2 is 1.67 bits per heavy atom. The Labute approximate surface area is 136 Å². The number of likely N-dealkylation sites (tertiary alicyclic amines) is 1. The average molecular weight is 308 g/mol. The van der Waals surface area contributed by atoms with Crippen LogP contribution >= 0.6 is 11.8 Å². The molecular formula is C19H33NS. The standard InChI is InChI=1S/C17H27NS.C2H6/c1-14(2)12-15-8-10-18(11-9-15)13-16-4-6-17(19-3)7-5-16;1-2/h4-7,14-15H,8-13H2,1-3H3;1-2H3. The van der Waals surface area contributed by atoms with Crippen LogP contribution in [-0.2, 0) is 6.54 Å². The van der Waals surface area contributed by atoms with E-state index in [1.54, 1.807) is 0 Å². The number of rotatable bonds is 5. The Bertz CT molecular complexity index is 364. The van der Waals surface area contributed by atoms with Crippen molar-refractivity contribution in [1.82, 2.24) is 4.90 Å². The third-order valence-electron chi connectivity index (χ3n) is 4.08. The smallest absolute Gasteiger partial charge is 0.0233 e. The summed E-state index contributed by atoms with van der Waals surface area (Å²) in [6.07, 6.45) is 6.33. The SMILES string of the molecule is CC.CSc1ccc(CN2CCC(CC(C)C)CC2)cc1. The largest absolute Gasteiger partial charge is 0.299 e. The fraction of sp³-hybridized carbons (Fsp3) is 0.684. The molecule has 1 heterocycles. The van der Waals surface area contributed by atoms with Gasteiger partial charge >= 0.3 is 0 Å². The van der Waals surface area contributed by atoms with Crippen molar-refractivity contribution < 1.29 is 0 Å². The average Bonchev–Trinajstić information content (AvgIpc) is 2.51. The van der Waals surface area contributed by atoms with Gasteiger partial charge in [0.1, 0.15) is 0 Å². The maximum Gasteiger partial charge on any atom is 0.0233 e. The summed E-state index contributed by atoms with van der Waals surface area (Å²) in [5, 5.41) is 0. The minimum atomic E-state index is 0.857. The third-order valence-corrected chi connectivity index (χ3v) is 4.82. The van der Waals surface area contributed by atoms with Gasteiger partial charge in [0, 0.05) is 11.4 Å². The van der Waals surface area contributed by atoms with Crippen LogP contribution in [0.25, 0.3) is 0 Å². The lowest BCUT2D eigenvalue weighted by Crippen LogP contribution is -2.33. The van der Waals surface area contributed by atoms with Crippen molar-refractivity contribution >= 4 is 11.8 Å². The van der Waals surface area contributed by atoms with Gasteiger partial charge in [-0.15, -0.1) is 11.8 Å². The molecule has 1 aliphatic rings. The fourth-order valence-corrected chi connectivity index (χ4v) is 3.44. The Morgan fingerprint density at radius 3 is 2.14 bits per heavy atom. The summed E-state index contributed by atoms with van der Waals surface area (Å²) in [7, 11) is 0. The highest BCUT2D eigenvalue weighted by Gasteiger charge is 2.19. The first-order chi connectivity index (χ1) is 10.2. The van der Waals surface area contributed by atoms with Gasteiger partial charge in [-0.25, -0.2) is 0 Å². The second-order valence-electron chi connectivity index (χ2n) is 6.20. The van der Waals surface area contributed by atoms with Crippen LogP contribution in [0.2, 0.25) is 0 Å². The molecule has 2 heteroatoms. The third kappa shape index (κ3) is 6.88. The minimum absolute atomic E-state index is 0.857. The zero-order valence-electron chi connectivity index (χ0n) is 14.6. The van der Waals surface area contributed by atoms with Crippen LogP contribution in [-0.4, -0.2) is 24.2 Å². The quantitative estimate of drug-likeness (QED) is 0.643. The van der Waals surface area contributed by atoms with E-state index in [0.717, 1.165) is 18.4 Å². The maximum absolute atomic E-state index is 2.62. The zero-order chi connectivity index (χ0) is 15.7. The van der Waals surface area contributed by atoms with E-state index in [1.165, 1.54) is 42.8 Å². The van der Waals surface area contributed by atoms with Gasteiger partial charge in [0.05, 0.1) is 0 Å². The second-order valence-corrected chi connectivity index (χ2v) is 7.08. The molecule has 0 aliphatic carbocycles. The molecule has 2 rings (SSSR count). The number of hydrogen-bond donors (Lipinski definition) is 0. The number of thioether (sulfide) groups is 1. The van der Waals surface area contributed by atoms with Gasteiger partial charge in [-0.05, 0) is 68.1 Å². The lowest BCUT2D eigenvalue weighted by Gasteiger charge is -2.32. The normalized spacial score (nSPS) is 16.7. The van der Waals surface area contributed by atoms with Crippen LogP contribution in [0, 0.1) is 11.8 Å². The minimum Gasteiger partial charge on any atom is -0.299 e. The van der Waals surface area contributed by atoms with Gasteiger partial charge in [0.15, 0.2) is 0 Å². The molecule has 21 heavy (non-hydrogen) atoms. The van der Waals surface area contributed by atoms with Crippen LogP contribution < -0.4 is 0 Å². The lowest BCUT2D eigenvalue weighted by molar-refractivity contribution is 0.164. The highest BCUT2D eigenvalue weighted by Crippen LogP contribution is 2.25. The molecule has 0 N–H and O–H groups in total. The van der Waals surface area contributed by atoms with Crippen molar-refractivity contribution in [2.45, 2.75) is 58.4 Å². The van der Waals surface area contributed by atoms with E-state index in [2.05, 4.69) is 49.3 Å². The van der Waals surface area contributed by atoms with E-state index in [-0.39, 0.29) is 0 Å².